The van der Waals surface area contributed by atoms with E-state index in [1.165, 1.54) is 0 Å². The normalized spacial score (nSPS) is 19.7. The zero-order valence-corrected chi connectivity index (χ0v) is 22.4. The van der Waals surface area contributed by atoms with Crippen LogP contribution in [0, 0.1) is 0 Å². The number of rotatable bonds is 10. The summed E-state index contributed by atoms with van der Waals surface area (Å²) in [7, 11) is 1.67. The molecule has 0 N–H and O–H groups in total. The van der Waals surface area contributed by atoms with Gasteiger partial charge in [-0.25, -0.2) is 0 Å². The highest BCUT2D eigenvalue weighted by Crippen LogP contribution is 2.41. The van der Waals surface area contributed by atoms with E-state index in [-0.39, 0.29) is 18.5 Å². The van der Waals surface area contributed by atoms with Crippen molar-refractivity contribution in [3.8, 4) is 0 Å². The van der Waals surface area contributed by atoms with Gasteiger partial charge in [0.1, 0.15) is 11.7 Å². The number of ether oxygens (including phenoxy) is 4. The average molecular weight is 560 g/mol. The van der Waals surface area contributed by atoms with Gasteiger partial charge >= 0.3 is 0 Å². The first-order chi connectivity index (χ1) is 18.2. The van der Waals surface area contributed by atoms with Crippen LogP contribution in [0.15, 0.2) is 120 Å². The molecule has 0 aliphatic carbocycles. The van der Waals surface area contributed by atoms with E-state index < -0.39 is 5.60 Å². The molecule has 1 aliphatic rings. The van der Waals surface area contributed by atoms with Crippen molar-refractivity contribution in [2.45, 2.75) is 37.1 Å². The maximum Gasteiger partial charge on any atom is 0.160 e. The highest BCUT2D eigenvalue weighted by Gasteiger charge is 2.42. The van der Waals surface area contributed by atoms with Gasteiger partial charge < -0.3 is 18.9 Å². The highest BCUT2D eigenvalue weighted by molar-refractivity contribution is 9.10. The number of benzene rings is 4. The van der Waals surface area contributed by atoms with Gasteiger partial charge in [0, 0.05) is 18.0 Å². The van der Waals surface area contributed by atoms with Gasteiger partial charge in [0.05, 0.1) is 19.3 Å². The van der Waals surface area contributed by atoms with Crippen molar-refractivity contribution in [1.29, 1.82) is 0 Å². The van der Waals surface area contributed by atoms with Crippen LogP contribution < -0.4 is 0 Å². The van der Waals surface area contributed by atoms with Gasteiger partial charge in [-0.2, -0.15) is 0 Å². The molecule has 0 spiro atoms. The Morgan fingerprint density at radius 2 is 1.27 bits per heavy atom. The molecule has 190 valence electrons. The smallest absolute Gasteiger partial charge is 0.160 e. The minimum absolute atomic E-state index is 0.159. The van der Waals surface area contributed by atoms with Crippen LogP contribution in [-0.2, 0) is 31.2 Å². The standard InChI is InChI=1S/C32H31BrO4/c1-34-31-21-29(35-22-24-17-19-28(33)20-18-24)30(37-31)23-36-32(25-11-5-2-6-12-25,26-13-7-3-8-14-26)27-15-9-4-10-16-27/h2-20,29-31H,21-23H2,1H3/t29-,30-,31-/m0/s1. The molecule has 0 saturated carbocycles. The maximum absolute atomic E-state index is 7.00. The zero-order chi connectivity index (χ0) is 25.5. The van der Waals surface area contributed by atoms with Crippen molar-refractivity contribution in [2.75, 3.05) is 13.7 Å². The topological polar surface area (TPSA) is 36.9 Å². The Hall–Kier alpha value is -2.80. The van der Waals surface area contributed by atoms with Crippen molar-refractivity contribution >= 4 is 15.9 Å². The summed E-state index contributed by atoms with van der Waals surface area (Å²) < 4.78 is 26.2. The Morgan fingerprint density at radius 3 is 1.76 bits per heavy atom. The fourth-order valence-electron chi connectivity index (χ4n) is 4.91. The lowest BCUT2D eigenvalue weighted by molar-refractivity contribution is -0.148. The first kappa shape index (κ1) is 25.8. The molecule has 3 atom stereocenters. The largest absolute Gasteiger partial charge is 0.371 e. The van der Waals surface area contributed by atoms with E-state index in [4.69, 9.17) is 18.9 Å². The van der Waals surface area contributed by atoms with E-state index in [0.29, 0.717) is 19.6 Å². The monoisotopic (exact) mass is 558 g/mol. The predicted octanol–water partition coefficient (Wildman–Crippen LogP) is 7.10. The Morgan fingerprint density at radius 1 is 0.757 bits per heavy atom. The summed E-state index contributed by atoms with van der Waals surface area (Å²) in [6.45, 7) is 0.832. The van der Waals surface area contributed by atoms with Gasteiger partial charge in [0.15, 0.2) is 6.29 Å². The highest BCUT2D eigenvalue weighted by atomic mass is 79.9. The second kappa shape index (κ2) is 12.2. The van der Waals surface area contributed by atoms with Crippen molar-refractivity contribution in [1.82, 2.24) is 0 Å². The second-order valence-electron chi connectivity index (χ2n) is 9.14. The summed E-state index contributed by atoms with van der Waals surface area (Å²) in [6.07, 6.45) is -0.122. The number of hydrogen-bond donors (Lipinski definition) is 0. The zero-order valence-electron chi connectivity index (χ0n) is 20.8. The molecule has 4 aromatic rings. The van der Waals surface area contributed by atoms with E-state index in [1.807, 2.05) is 30.3 Å². The molecular weight excluding hydrogens is 528 g/mol. The van der Waals surface area contributed by atoms with Crippen LogP contribution in [0.4, 0.5) is 0 Å². The molecule has 0 amide bonds. The molecule has 1 heterocycles. The van der Waals surface area contributed by atoms with Gasteiger partial charge in [-0.1, -0.05) is 119 Å². The lowest BCUT2D eigenvalue weighted by Crippen LogP contribution is -2.38. The molecule has 0 radical (unpaired) electrons. The fraction of sp³-hybridized carbons (Fsp3) is 0.250. The molecule has 5 heteroatoms. The SMILES string of the molecule is CO[C@@H]1C[C@H](OCc2ccc(Br)cc2)[C@H](COC(c2ccccc2)(c2ccccc2)c2ccccc2)O1. The van der Waals surface area contributed by atoms with Crippen LogP contribution in [0.1, 0.15) is 28.7 Å². The first-order valence-electron chi connectivity index (χ1n) is 12.5. The van der Waals surface area contributed by atoms with E-state index in [2.05, 4.69) is 101 Å². The third-order valence-corrected chi connectivity index (χ3v) is 7.34. The Kier molecular flexibility index (Phi) is 8.49. The Balaban J connectivity index is 1.45. The summed E-state index contributed by atoms with van der Waals surface area (Å²) in [4.78, 5) is 0. The van der Waals surface area contributed by atoms with Gasteiger partial charge in [-0.3, -0.25) is 0 Å². The summed E-state index contributed by atoms with van der Waals surface area (Å²) >= 11 is 3.49. The van der Waals surface area contributed by atoms with E-state index in [1.54, 1.807) is 7.11 Å². The Bertz CT molecular complexity index is 1140. The van der Waals surface area contributed by atoms with Crippen LogP contribution in [-0.4, -0.2) is 32.2 Å². The Labute approximate surface area is 227 Å². The molecule has 1 aliphatic heterocycles. The first-order valence-corrected chi connectivity index (χ1v) is 13.3. The molecule has 5 rings (SSSR count). The number of hydrogen-bond acceptors (Lipinski definition) is 4. The van der Waals surface area contributed by atoms with Crippen LogP contribution >= 0.6 is 15.9 Å². The molecule has 1 fully saturated rings. The molecule has 4 aromatic carbocycles. The minimum atomic E-state index is -0.811. The number of halogens is 1. The van der Waals surface area contributed by atoms with Gasteiger partial charge in [0.2, 0.25) is 0 Å². The van der Waals surface area contributed by atoms with Crippen LogP contribution in [0.5, 0.6) is 0 Å². The fourth-order valence-corrected chi connectivity index (χ4v) is 5.18. The van der Waals surface area contributed by atoms with Crippen molar-refractivity contribution < 1.29 is 18.9 Å². The van der Waals surface area contributed by atoms with Gasteiger partial charge in [0.25, 0.3) is 0 Å². The molecular formula is C32H31BrO4. The maximum atomic E-state index is 7.00. The average Bonchev–Trinajstić information content (AvgIpc) is 3.37. The van der Waals surface area contributed by atoms with E-state index >= 15 is 0 Å². The quantitative estimate of drug-likeness (QED) is 0.194. The molecule has 0 unspecified atom stereocenters. The van der Waals surface area contributed by atoms with Crippen molar-refractivity contribution in [3.63, 3.8) is 0 Å². The molecule has 4 nitrogen and oxygen atoms in total. The lowest BCUT2D eigenvalue weighted by atomic mass is 9.80. The van der Waals surface area contributed by atoms with Crippen molar-refractivity contribution in [2.24, 2.45) is 0 Å². The summed E-state index contributed by atoms with van der Waals surface area (Å²) in [5, 5.41) is 0. The van der Waals surface area contributed by atoms with Gasteiger partial charge in [-0.15, -0.1) is 0 Å². The summed E-state index contributed by atoms with van der Waals surface area (Å²) in [5.41, 5.74) is 3.47. The van der Waals surface area contributed by atoms with Gasteiger partial charge in [-0.05, 0) is 34.4 Å². The minimum Gasteiger partial charge on any atom is -0.371 e. The molecule has 1 saturated heterocycles. The lowest BCUT2D eigenvalue weighted by Gasteiger charge is -2.37. The molecule has 37 heavy (non-hydrogen) atoms. The van der Waals surface area contributed by atoms with Crippen molar-refractivity contribution in [3.05, 3.63) is 142 Å². The number of methoxy groups -OCH3 is 1. The second-order valence-corrected chi connectivity index (χ2v) is 10.1. The van der Waals surface area contributed by atoms with Crippen LogP contribution in [0.2, 0.25) is 0 Å². The summed E-state index contributed by atoms with van der Waals surface area (Å²) in [6, 6.07) is 39.3. The molecule has 0 aromatic heterocycles. The predicted molar refractivity (Wildman–Crippen MR) is 148 cm³/mol. The summed E-state index contributed by atoms with van der Waals surface area (Å²) in [5.74, 6) is 0. The van der Waals surface area contributed by atoms with Crippen LogP contribution in [0.3, 0.4) is 0 Å². The third kappa shape index (κ3) is 5.87. The molecule has 0 bridgehead atoms. The van der Waals surface area contributed by atoms with Crippen LogP contribution in [0.25, 0.3) is 0 Å². The third-order valence-electron chi connectivity index (χ3n) is 6.81. The van der Waals surface area contributed by atoms with E-state index in [0.717, 1.165) is 26.7 Å². The van der Waals surface area contributed by atoms with E-state index in [9.17, 15) is 0 Å².